The summed E-state index contributed by atoms with van der Waals surface area (Å²) in [5.74, 6) is 0.470. The summed E-state index contributed by atoms with van der Waals surface area (Å²) >= 11 is 0. The second-order valence-electron chi connectivity index (χ2n) is 3.82. The molecule has 2 aromatic rings. The van der Waals surface area contributed by atoms with E-state index in [0.29, 0.717) is 17.1 Å². The zero-order valence-corrected chi connectivity index (χ0v) is 9.92. The summed E-state index contributed by atoms with van der Waals surface area (Å²) in [6, 6.07) is 8.63. The first-order valence-corrected chi connectivity index (χ1v) is 5.44. The lowest BCUT2D eigenvalue weighted by Crippen LogP contribution is -2.21. The molecule has 18 heavy (non-hydrogen) atoms. The number of nitrogens with one attached hydrogen (secondary N) is 1. The quantitative estimate of drug-likeness (QED) is 0.758. The number of amides is 2. The Morgan fingerprint density at radius 3 is 2.67 bits per heavy atom. The van der Waals surface area contributed by atoms with Crippen molar-refractivity contribution in [2.24, 2.45) is 5.73 Å². The van der Waals surface area contributed by atoms with E-state index in [1.165, 1.54) is 0 Å². The first-order chi connectivity index (χ1) is 8.63. The van der Waals surface area contributed by atoms with Crippen molar-refractivity contribution in [2.45, 2.75) is 13.5 Å². The molecule has 1 aromatic carbocycles. The van der Waals surface area contributed by atoms with Crippen LogP contribution in [-0.4, -0.2) is 20.9 Å². The Morgan fingerprint density at radius 2 is 2.11 bits per heavy atom. The minimum absolute atomic E-state index is 0.195. The molecule has 0 saturated carbocycles. The molecule has 0 aliphatic heterocycles. The molecule has 0 saturated heterocycles. The number of aliphatic hydroxyl groups excluding tert-OH is 1. The van der Waals surface area contributed by atoms with E-state index in [9.17, 15) is 9.90 Å². The Hall–Kier alpha value is -2.34. The molecule has 0 radical (unpaired) electrons. The van der Waals surface area contributed by atoms with Gasteiger partial charge in [0.15, 0.2) is 0 Å². The highest BCUT2D eigenvalue weighted by molar-refractivity contribution is 5.88. The van der Waals surface area contributed by atoms with Crippen molar-refractivity contribution in [3.63, 3.8) is 0 Å². The predicted octanol–water partition coefficient (Wildman–Crippen LogP) is 1.16. The highest BCUT2D eigenvalue weighted by atomic mass is 16.3. The van der Waals surface area contributed by atoms with Crippen LogP contribution in [0.25, 0.3) is 5.69 Å². The number of anilines is 1. The molecule has 6 heteroatoms. The number of urea groups is 1. The third kappa shape index (κ3) is 2.18. The molecule has 0 spiro atoms. The van der Waals surface area contributed by atoms with E-state index in [4.69, 9.17) is 5.73 Å². The van der Waals surface area contributed by atoms with E-state index in [1.54, 1.807) is 11.6 Å². The molecule has 0 fully saturated rings. The van der Waals surface area contributed by atoms with Crippen molar-refractivity contribution < 1.29 is 9.90 Å². The Balaban J connectivity index is 2.55. The van der Waals surface area contributed by atoms with Gasteiger partial charge in [0.1, 0.15) is 5.82 Å². The number of nitrogens with zero attached hydrogens (tertiary/aromatic N) is 2. The van der Waals surface area contributed by atoms with Crippen LogP contribution in [-0.2, 0) is 6.61 Å². The maximum Gasteiger partial charge on any atom is 0.317 e. The number of aromatic nitrogens is 2. The largest absolute Gasteiger partial charge is 0.390 e. The Kier molecular flexibility index (Phi) is 3.29. The van der Waals surface area contributed by atoms with Gasteiger partial charge in [-0.25, -0.2) is 9.48 Å². The highest BCUT2D eigenvalue weighted by Gasteiger charge is 2.15. The fourth-order valence-electron chi connectivity index (χ4n) is 1.71. The lowest BCUT2D eigenvalue weighted by Gasteiger charge is -2.07. The van der Waals surface area contributed by atoms with Gasteiger partial charge in [-0.05, 0) is 19.1 Å². The first-order valence-electron chi connectivity index (χ1n) is 5.44. The number of rotatable bonds is 3. The summed E-state index contributed by atoms with van der Waals surface area (Å²) in [6.45, 7) is 1.57. The van der Waals surface area contributed by atoms with E-state index >= 15 is 0 Å². The van der Waals surface area contributed by atoms with Gasteiger partial charge in [0.05, 0.1) is 18.0 Å². The van der Waals surface area contributed by atoms with Crippen molar-refractivity contribution in [1.29, 1.82) is 0 Å². The van der Waals surface area contributed by atoms with Crippen molar-refractivity contribution in [3.05, 3.63) is 41.6 Å². The number of nitrogens with two attached hydrogens (primary N) is 1. The topological polar surface area (TPSA) is 93.2 Å². The lowest BCUT2D eigenvalue weighted by molar-refractivity contribution is 0.259. The number of hydrogen-bond acceptors (Lipinski definition) is 3. The van der Waals surface area contributed by atoms with E-state index in [1.807, 2.05) is 30.3 Å². The minimum atomic E-state index is -0.667. The molecule has 2 amide bonds. The molecular weight excluding hydrogens is 232 g/mol. The second-order valence-corrected chi connectivity index (χ2v) is 3.82. The second kappa shape index (κ2) is 4.89. The number of primary amides is 1. The summed E-state index contributed by atoms with van der Waals surface area (Å²) in [6.07, 6.45) is 0. The molecule has 0 unspecified atom stereocenters. The predicted molar refractivity (Wildman–Crippen MR) is 67.4 cm³/mol. The fraction of sp³-hybridized carbons (Fsp3) is 0.167. The molecule has 0 aliphatic carbocycles. The monoisotopic (exact) mass is 246 g/mol. The number of carbonyl (C=O) groups is 1. The van der Waals surface area contributed by atoms with Crippen LogP contribution in [0.5, 0.6) is 0 Å². The van der Waals surface area contributed by atoms with Crippen LogP contribution in [0.3, 0.4) is 0 Å². The number of benzene rings is 1. The summed E-state index contributed by atoms with van der Waals surface area (Å²) in [5.41, 5.74) is 7.12. The summed E-state index contributed by atoms with van der Waals surface area (Å²) in [4.78, 5) is 11.0. The van der Waals surface area contributed by atoms with Crippen LogP contribution in [0.1, 0.15) is 11.3 Å². The zero-order chi connectivity index (χ0) is 13.1. The fourth-order valence-corrected chi connectivity index (χ4v) is 1.71. The zero-order valence-electron chi connectivity index (χ0n) is 9.92. The van der Waals surface area contributed by atoms with Gasteiger partial charge in [-0.15, -0.1) is 0 Å². The Bertz CT molecular complexity index is 563. The standard InChI is InChI=1S/C12H14N4O2/c1-8-10(7-17)15-16(11(8)14-12(13)18)9-5-3-2-4-6-9/h2-6,17H,7H2,1H3,(H3,13,14,18). The average Bonchev–Trinajstić information content (AvgIpc) is 2.67. The van der Waals surface area contributed by atoms with Gasteiger partial charge in [-0.1, -0.05) is 18.2 Å². The van der Waals surface area contributed by atoms with Crippen LogP contribution in [0.2, 0.25) is 0 Å². The van der Waals surface area contributed by atoms with Gasteiger partial charge < -0.3 is 10.8 Å². The average molecular weight is 246 g/mol. The van der Waals surface area contributed by atoms with Crippen LogP contribution < -0.4 is 11.1 Å². The molecule has 1 aromatic heterocycles. The molecule has 6 nitrogen and oxygen atoms in total. The van der Waals surface area contributed by atoms with E-state index in [2.05, 4.69) is 10.4 Å². The highest BCUT2D eigenvalue weighted by Crippen LogP contribution is 2.22. The Morgan fingerprint density at radius 1 is 1.44 bits per heavy atom. The number of para-hydroxylation sites is 1. The molecule has 0 atom stereocenters. The van der Waals surface area contributed by atoms with Crippen molar-refractivity contribution in [1.82, 2.24) is 9.78 Å². The molecule has 1 heterocycles. The Labute approximate surface area is 104 Å². The van der Waals surface area contributed by atoms with Gasteiger partial charge in [0.25, 0.3) is 0 Å². The summed E-state index contributed by atoms with van der Waals surface area (Å²) in [7, 11) is 0. The smallest absolute Gasteiger partial charge is 0.317 e. The number of aliphatic hydroxyl groups is 1. The van der Waals surface area contributed by atoms with Crippen LogP contribution >= 0.6 is 0 Å². The van der Waals surface area contributed by atoms with Crippen LogP contribution in [0.15, 0.2) is 30.3 Å². The van der Waals surface area contributed by atoms with Crippen molar-refractivity contribution in [3.8, 4) is 5.69 Å². The third-order valence-electron chi connectivity index (χ3n) is 2.61. The van der Waals surface area contributed by atoms with Crippen LogP contribution in [0.4, 0.5) is 10.6 Å². The SMILES string of the molecule is Cc1c(CO)nn(-c2ccccc2)c1NC(N)=O. The lowest BCUT2D eigenvalue weighted by atomic mass is 10.2. The van der Waals surface area contributed by atoms with Gasteiger partial charge in [0.2, 0.25) is 0 Å². The maximum absolute atomic E-state index is 11.0. The van der Waals surface area contributed by atoms with E-state index < -0.39 is 6.03 Å². The molecule has 0 aliphatic rings. The molecular formula is C12H14N4O2. The number of hydrogen-bond donors (Lipinski definition) is 3. The normalized spacial score (nSPS) is 10.3. The first kappa shape index (κ1) is 12.1. The van der Waals surface area contributed by atoms with Crippen LogP contribution in [0, 0.1) is 6.92 Å². The van der Waals surface area contributed by atoms with Gasteiger partial charge in [-0.2, -0.15) is 5.10 Å². The van der Waals surface area contributed by atoms with Gasteiger partial charge in [-0.3, -0.25) is 5.32 Å². The van der Waals surface area contributed by atoms with E-state index in [-0.39, 0.29) is 6.61 Å². The van der Waals surface area contributed by atoms with Gasteiger partial charge in [0, 0.05) is 5.56 Å². The molecule has 0 bridgehead atoms. The molecule has 4 N–H and O–H groups in total. The molecule has 2 rings (SSSR count). The van der Waals surface area contributed by atoms with Crippen molar-refractivity contribution in [2.75, 3.05) is 5.32 Å². The van der Waals surface area contributed by atoms with Gasteiger partial charge >= 0.3 is 6.03 Å². The maximum atomic E-state index is 11.0. The summed E-state index contributed by atoms with van der Waals surface area (Å²) in [5, 5.41) is 16.0. The third-order valence-corrected chi connectivity index (χ3v) is 2.61. The summed E-state index contributed by atoms with van der Waals surface area (Å²) < 4.78 is 1.55. The minimum Gasteiger partial charge on any atom is -0.390 e. The van der Waals surface area contributed by atoms with E-state index in [0.717, 1.165) is 5.69 Å². The number of carbonyl (C=O) groups excluding carboxylic acids is 1. The molecule has 94 valence electrons. The van der Waals surface area contributed by atoms with Crippen molar-refractivity contribution >= 4 is 11.8 Å².